The number of nitrogens with zero attached hydrogens (tertiary/aromatic N) is 1. The lowest BCUT2D eigenvalue weighted by molar-refractivity contribution is 0.0806. The van der Waals surface area contributed by atoms with Crippen LogP contribution >= 0.6 is 0 Å². The lowest BCUT2D eigenvalue weighted by Crippen LogP contribution is -2.33. The fraction of sp³-hybridized carbons (Fsp3) is 0.200. The van der Waals surface area contributed by atoms with Crippen LogP contribution in [0.2, 0.25) is 0 Å². The number of piperidine rings is 1. The monoisotopic (exact) mass is 380 g/mol. The average Bonchev–Trinajstić information content (AvgIpc) is 3.12. The smallest absolute Gasteiger partial charge is 0.274 e. The summed E-state index contributed by atoms with van der Waals surface area (Å²) in [7, 11) is 0. The number of carbonyl (C=O) groups excluding carboxylic acids is 2. The number of H-pyrrole nitrogens is 1. The summed E-state index contributed by atoms with van der Waals surface area (Å²) in [6.45, 7) is 6.63. The van der Waals surface area contributed by atoms with Crippen LogP contribution in [0.1, 0.15) is 45.3 Å². The zero-order valence-electron chi connectivity index (χ0n) is 16.2. The molecule has 1 spiro atoms. The molecule has 2 aromatic carbocycles. The number of nitrogens with one attached hydrogen (secondary N) is 1. The Bertz CT molecular complexity index is 1300. The molecular weight excluding hydrogens is 360 g/mol. The maximum absolute atomic E-state index is 13.4. The number of ketones is 1. The van der Waals surface area contributed by atoms with Gasteiger partial charge in [-0.2, -0.15) is 0 Å². The molecule has 142 valence electrons. The highest BCUT2D eigenvalue weighted by Gasteiger charge is 2.67. The molecule has 1 amide bonds. The number of allylic oxidation sites excluding steroid dienone is 3. The maximum Gasteiger partial charge on any atom is 0.274 e. The summed E-state index contributed by atoms with van der Waals surface area (Å²) >= 11 is 0. The van der Waals surface area contributed by atoms with E-state index in [0.717, 1.165) is 45.3 Å². The minimum absolute atomic E-state index is 0.00526. The standard InChI is InChI=1S/C25H20N2O2/c1-14(2)15-7-8-20-16(9-15)10-21(26-20)24(29)27-13-17-12-25(17)19-6-4-3-5-18(19)22(28)11-23(25)27/h3-11,17,26H,1,12-13H2,2H3/t17-,25-/m1/s1. The van der Waals surface area contributed by atoms with E-state index in [9.17, 15) is 9.59 Å². The number of amides is 1. The Hall–Kier alpha value is -3.40. The van der Waals surface area contributed by atoms with Crippen LogP contribution in [-0.4, -0.2) is 28.1 Å². The number of likely N-dealkylation sites (tertiary alicyclic amines) is 1. The summed E-state index contributed by atoms with van der Waals surface area (Å²) in [5, 5.41) is 0.993. The van der Waals surface area contributed by atoms with Crippen LogP contribution in [0.3, 0.4) is 0 Å². The van der Waals surface area contributed by atoms with Crippen molar-refractivity contribution < 1.29 is 9.59 Å². The van der Waals surface area contributed by atoms with Crippen molar-refractivity contribution >= 4 is 28.2 Å². The van der Waals surface area contributed by atoms with E-state index in [4.69, 9.17) is 0 Å². The van der Waals surface area contributed by atoms with Crippen molar-refractivity contribution in [2.75, 3.05) is 6.54 Å². The van der Waals surface area contributed by atoms with Gasteiger partial charge >= 0.3 is 0 Å². The summed E-state index contributed by atoms with van der Waals surface area (Å²) in [5.41, 5.74) is 6.13. The van der Waals surface area contributed by atoms with Gasteiger partial charge in [-0.1, -0.05) is 42.5 Å². The van der Waals surface area contributed by atoms with E-state index in [1.54, 1.807) is 6.08 Å². The van der Waals surface area contributed by atoms with Crippen LogP contribution in [0.5, 0.6) is 0 Å². The van der Waals surface area contributed by atoms with Gasteiger partial charge in [0.05, 0.1) is 0 Å². The van der Waals surface area contributed by atoms with Crippen molar-refractivity contribution in [3.8, 4) is 0 Å². The molecule has 3 aliphatic rings. The van der Waals surface area contributed by atoms with Gasteiger partial charge in [-0.05, 0) is 48.6 Å². The van der Waals surface area contributed by atoms with E-state index in [2.05, 4.69) is 17.6 Å². The second-order valence-corrected chi connectivity index (χ2v) is 8.49. The predicted octanol–water partition coefficient (Wildman–Crippen LogP) is 4.69. The summed E-state index contributed by atoms with van der Waals surface area (Å²) in [6.07, 6.45) is 2.71. The number of carbonyl (C=O) groups is 2. The van der Waals surface area contributed by atoms with E-state index >= 15 is 0 Å². The Labute approximate surface area is 168 Å². The maximum atomic E-state index is 13.4. The third-order valence-electron chi connectivity index (χ3n) is 6.79. The largest absolute Gasteiger partial charge is 0.351 e. The normalized spacial score (nSPS) is 24.0. The predicted molar refractivity (Wildman–Crippen MR) is 113 cm³/mol. The summed E-state index contributed by atoms with van der Waals surface area (Å²) in [6, 6.07) is 15.8. The van der Waals surface area contributed by atoms with E-state index in [-0.39, 0.29) is 17.1 Å². The Balaban J connectivity index is 1.40. The van der Waals surface area contributed by atoms with Gasteiger partial charge in [0, 0.05) is 40.2 Å². The summed E-state index contributed by atoms with van der Waals surface area (Å²) < 4.78 is 0. The third-order valence-corrected chi connectivity index (χ3v) is 6.79. The number of aromatic amines is 1. The molecule has 1 N–H and O–H groups in total. The van der Waals surface area contributed by atoms with Gasteiger partial charge in [-0.3, -0.25) is 9.59 Å². The molecule has 4 nitrogen and oxygen atoms in total. The Morgan fingerprint density at radius 2 is 2.03 bits per heavy atom. The van der Waals surface area contributed by atoms with Gasteiger partial charge in [0.1, 0.15) is 5.69 Å². The van der Waals surface area contributed by atoms with E-state index < -0.39 is 0 Å². The van der Waals surface area contributed by atoms with Crippen molar-refractivity contribution in [1.82, 2.24) is 9.88 Å². The highest BCUT2D eigenvalue weighted by Crippen LogP contribution is 2.66. The van der Waals surface area contributed by atoms with Crippen molar-refractivity contribution in [1.29, 1.82) is 0 Å². The lowest BCUT2D eigenvalue weighted by Gasteiger charge is -2.29. The molecule has 0 radical (unpaired) electrons. The molecule has 29 heavy (non-hydrogen) atoms. The molecular formula is C25H20N2O2. The van der Waals surface area contributed by atoms with Gasteiger partial charge in [-0.25, -0.2) is 0 Å². The first-order valence-electron chi connectivity index (χ1n) is 9.95. The minimum atomic E-state index is -0.153. The number of hydrogen-bond donors (Lipinski definition) is 1. The van der Waals surface area contributed by atoms with Crippen molar-refractivity contribution in [3.63, 3.8) is 0 Å². The van der Waals surface area contributed by atoms with Crippen LogP contribution in [0.25, 0.3) is 16.5 Å². The topological polar surface area (TPSA) is 53.2 Å². The molecule has 4 heteroatoms. The number of hydrogen-bond acceptors (Lipinski definition) is 2. The van der Waals surface area contributed by atoms with Crippen LogP contribution in [0.15, 0.2) is 66.9 Å². The van der Waals surface area contributed by atoms with Crippen LogP contribution in [-0.2, 0) is 5.41 Å². The van der Waals surface area contributed by atoms with Gasteiger partial charge in [0.2, 0.25) is 0 Å². The fourth-order valence-corrected chi connectivity index (χ4v) is 5.24. The van der Waals surface area contributed by atoms with E-state index in [1.807, 2.05) is 54.3 Å². The highest BCUT2D eigenvalue weighted by atomic mass is 16.2. The molecule has 3 aromatic rings. The quantitative estimate of drug-likeness (QED) is 0.701. The number of rotatable bonds is 2. The SMILES string of the molecule is C=C(C)c1ccc2[nH]c(C(=O)N3C[C@H]4C[C@@]45C3=CC(=O)c3ccccc35)cc2c1. The zero-order valence-corrected chi connectivity index (χ0v) is 16.2. The molecule has 0 bridgehead atoms. The Morgan fingerprint density at radius 1 is 1.21 bits per heavy atom. The van der Waals surface area contributed by atoms with Gasteiger partial charge in [-0.15, -0.1) is 0 Å². The van der Waals surface area contributed by atoms with E-state index in [0.29, 0.717) is 18.2 Å². The Kier molecular flexibility index (Phi) is 3.05. The van der Waals surface area contributed by atoms with Crippen molar-refractivity contribution in [3.05, 3.63) is 89.3 Å². The van der Waals surface area contributed by atoms with Gasteiger partial charge in [0.25, 0.3) is 5.91 Å². The molecule has 2 atom stereocenters. The second-order valence-electron chi connectivity index (χ2n) is 8.49. The molecule has 1 saturated heterocycles. The lowest BCUT2D eigenvalue weighted by atomic mass is 9.81. The zero-order chi connectivity index (χ0) is 19.9. The summed E-state index contributed by atoms with van der Waals surface area (Å²) in [5.74, 6) is 0.323. The van der Waals surface area contributed by atoms with Gasteiger partial charge in [0.15, 0.2) is 5.78 Å². The van der Waals surface area contributed by atoms with Crippen molar-refractivity contribution in [2.24, 2.45) is 5.92 Å². The molecule has 1 aliphatic heterocycles. The molecule has 0 unspecified atom stereocenters. The third kappa shape index (κ3) is 2.09. The number of aromatic nitrogens is 1. The van der Waals surface area contributed by atoms with Crippen molar-refractivity contribution in [2.45, 2.75) is 18.8 Å². The first-order chi connectivity index (χ1) is 14.0. The molecule has 6 rings (SSSR count). The average molecular weight is 380 g/mol. The first-order valence-corrected chi connectivity index (χ1v) is 9.95. The molecule has 1 saturated carbocycles. The molecule has 2 aliphatic carbocycles. The van der Waals surface area contributed by atoms with E-state index in [1.165, 1.54) is 0 Å². The molecule has 2 fully saturated rings. The minimum Gasteiger partial charge on any atom is -0.351 e. The van der Waals surface area contributed by atoms with Crippen LogP contribution in [0, 0.1) is 5.92 Å². The van der Waals surface area contributed by atoms with Gasteiger partial charge < -0.3 is 9.88 Å². The Morgan fingerprint density at radius 3 is 2.86 bits per heavy atom. The highest BCUT2D eigenvalue weighted by molar-refractivity contribution is 6.10. The second kappa shape index (κ2) is 5.35. The van der Waals surface area contributed by atoms with Crippen LogP contribution < -0.4 is 0 Å². The number of benzene rings is 2. The number of fused-ring (bicyclic) bond motifs is 2. The molecule has 1 aromatic heterocycles. The van der Waals surface area contributed by atoms with Crippen LogP contribution in [0.4, 0.5) is 0 Å². The first kappa shape index (κ1) is 16.5. The summed E-state index contributed by atoms with van der Waals surface area (Å²) in [4.78, 5) is 31.2. The molecule has 2 heterocycles. The fourth-order valence-electron chi connectivity index (χ4n) is 5.24.